The highest BCUT2D eigenvalue weighted by molar-refractivity contribution is 5.87. The minimum atomic E-state index is 0.127. The van der Waals surface area contributed by atoms with Crippen LogP contribution in [0.4, 0.5) is 5.95 Å². The standard InChI is InChI=1S/C22H28N6O/c1-14-5-6-16-9-20(29)17(10-18(16)25-14)19-12-23-21(27-26-19)28-8-7-15(13-28)11-24-22(2,3)4/h5-6,9-10,12,15,24,29H,7-8,11,13H2,1-4H3. The molecule has 1 aliphatic heterocycles. The van der Waals surface area contributed by atoms with E-state index in [1.54, 1.807) is 12.3 Å². The molecule has 0 radical (unpaired) electrons. The molecule has 2 N–H and O–H groups in total. The van der Waals surface area contributed by atoms with Gasteiger partial charge in [-0.3, -0.25) is 4.98 Å². The Balaban J connectivity index is 1.50. The van der Waals surface area contributed by atoms with E-state index in [-0.39, 0.29) is 11.3 Å². The molecule has 1 atom stereocenters. The first-order valence-corrected chi connectivity index (χ1v) is 10.1. The molecule has 1 aliphatic rings. The van der Waals surface area contributed by atoms with Crippen LogP contribution in [0.25, 0.3) is 22.2 Å². The monoisotopic (exact) mass is 392 g/mol. The van der Waals surface area contributed by atoms with Crippen LogP contribution in [0.3, 0.4) is 0 Å². The molecule has 2 aromatic heterocycles. The topological polar surface area (TPSA) is 87.1 Å². The van der Waals surface area contributed by atoms with Gasteiger partial charge in [0.2, 0.25) is 5.95 Å². The van der Waals surface area contributed by atoms with Crippen molar-refractivity contribution in [2.45, 2.75) is 39.7 Å². The van der Waals surface area contributed by atoms with Gasteiger partial charge in [-0.15, -0.1) is 10.2 Å². The van der Waals surface area contributed by atoms with E-state index < -0.39 is 0 Å². The molecule has 29 heavy (non-hydrogen) atoms. The Morgan fingerprint density at radius 3 is 2.76 bits per heavy atom. The zero-order valence-electron chi connectivity index (χ0n) is 17.5. The summed E-state index contributed by atoms with van der Waals surface area (Å²) in [6.07, 6.45) is 2.80. The molecule has 152 valence electrons. The van der Waals surface area contributed by atoms with Crippen molar-refractivity contribution in [3.8, 4) is 17.0 Å². The predicted octanol–water partition coefficient (Wildman–Crippen LogP) is 3.32. The van der Waals surface area contributed by atoms with Crippen molar-refractivity contribution in [2.24, 2.45) is 5.92 Å². The summed E-state index contributed by atoms with van der Waals surface area (Å²) in [4.78, 5) is 11.2. The number of anilines is 1. The molecule has 0 bridgehead atoms. The summed E-state index contributed by atoms with van der Waals surface area (Å²) >= 11 is 0. The zero-order valence-corrected chi connectivity index (χ0v) is 17.5. The second-order valence-corrected chi connectivity index (χ2v) is 8.89. The first-order valence-electron chi connectivity index (χ1n) is 10.1. The number of nitrogens with one attached hydrogen (secondary N) is 1. The largest absolute Gasteiger partial charge is 0.507 e. The van der Waals surface area contributed by atoms with Gasteiger partial charge >= 0.3 is 0 Å². The first-order chi connectivity index (χ1) is 13.8. The van der Waals surface area contributed by atoms with Crippen LogP contribution in [-0.2, 0) is 0 Å². The normalized spacial score (nSPS) is 17.2. The number of fused-ring (bicyclic) bond motifs is 1. The second-order valence-electron chi connectivity index (χ2n) is 8.89. The third-order valence-electron chi connectivity index (χ3n) is 5.26. The van der Waals surface area contributed by atoms with Crippen molar-refractivity contribution in [2.75, 3.05) is 24.5 Å². The summed E-state index contributed by atoms with van der Waals surface area (Å²) in [5.74, 6) is 1.37. The fraction of sp³-hybridized carbons (Fsp3) is 0.455. The average Bonchev–Trinajstić information content (AvgIpc) is 3.15. The highest BCUT2D eigenvalue weighted by atomic mass is 16.3. The average molecular weight is 393 g/mol. The van der Waals surface area contributed by atoms with Gasteiger partial charge in [-0.1, -0.05) is 6.07 Å². The lowest BCUT2D eigenvalue weighted by Crippen LogP contribution is -2.39. The Morgan fingerprint density at radius 1 is 1.21 bits per heavy atom. The predicted molar refractivity (Wildman–Crippen MR) is 115 cm³/mol. The summed E-state index contributed by atoms with van der Waals surface area (Å²) in [7, 11) is 0. The van der Waals surface area contributed by atoms with Gasteiger partial charge in [-0.25, -0.2) is 4.98 Å². The second kappa shape index (κ2) is 7.55. The summed E-state index contributed by atoms with van der Waals surface area (Å²) < 4.78 is 0. The molecule has 7 nitrogen and oxygen atoms in total. The number of hydrogen-bond donors (Lipinski definition) is 2. The van der Waals surface area contributed by atoms with Crippen LogP contribution >= 0.6 is 0 Å². The molecule has 3 aromatic rings. The highest BCUT2D eigenvalue weighted by Gasteiger charge is 2.25. The minimum absolute atomic E-state index is 0.127. The molecule has 3 heterocycles. The number of hydrogen-bond acceptors (Lipinski definition) is 7. The number of phenols is 1. The molecule has 0 saturated carbocycles. The first kappa shape index (κ1) is 19.5. The lowest BCUT2D eigenvalue weighted by molar-refractivity contribution is 0.383. The van der Waals surface area contributed by atoms with Crippen LogP contribution in [0.5, 0.6) is 5.75 Å². The van der Waals surface area contributed by atoms with Crippen LogP contribution in [0, 0.1) is 12.8 Å². The molecule has 0 aliphatic carbocycles. The van der Waals surface area contributed by atoms with Gasteiger partial charge in [-0.05, 0) is 58.2 Å². The maximum atomic E-state index is 10.4. The van der Waals surface area contributed by atoms with Crippen LogP contribution in [0.2, 0.25) is 0 Å². The Bertz CT molecular complexity index is 1010. The fourth-order valence-electron chi connectivity index (χ4n) is 3.63. The summed E-state index contributed by atoms with van der Waals surface area (Å²) in [6.45, 7) is 11.3. The van der Waals surface area contributed by atoms with Crippen LogP contribution in [-0.4, -0.2) is 50.4 Å². The number of aryl methyl sites for hydroxylation is 1. The molecule has 1 fully saturated rings. The van der Waals surface area contributed by atoms with E-state index in [2.05, 4.69) is 51.2 Å². The van der Waals surface area contributed by atoms with Gasteiger partial charge in [0.15, 0.2) is 0 Å². The van der Waals surface area contributed by atoms with Crippen molar-refractivity contribution in [3.05, 3.63) is 36.2 Å². The van der Waals surface area contributed by atoms with Crippen LogP contribution in [0.1, 0.15) is 32.9 Å². The number of aromatic nitrogens is 4. The van der Waals surface area contributed by atoms with Crippen LogP contribution in [0.15, 0.2) is 30.5 Å². The zero-order chi connectivity index (χ0) is 20.6. The third kappa shape index (κ3) is 4.45. The number of nitrogens with zero attached hydrogens (tertiary/aromatic N) is 5. The van der Waals surface area contributed by atoms with E-state index in [1.165, 1.54) is 0 Å². The van der Waals surface area contributed by atoms with E-state index in [0.29, 0.717) is 23.1 Å². The van der Waals surface area contributed by atoms with Crippen molar-refractivity contribution in [3.63, 3.8) is 0 Å². The third-order valence-corrected chi connectivity index (χ3v) is 5.26. The van der Waals surface area contributed by atoms with E-state index in [9.17, 15) is 5.11 Å². The summed E-state index contributed by atoms with van der Waals surface area (Å²) in [5.41, 5.74) is 3.01. The highest BCUT2D eigenvalue weighted by Crippen LogP contribution is 2.31. The Hall–Kier alpha value is -2.80. The summed E-state index contributed by atoms with van der Waals surface area (Å²) in [5, 5.41) is 23.6. The molecule has 0 amide bonds. The molecule has 1 aromatic carbocycles. The lowest BCUT2D eigenvalue weighted by atomic mass is 10.1. The SMILES string of the molecule is Cc1ccc2cc(O)c(-c3cnc(N4CCC(CNC(C)(C)C)C4)nn3)cc2n1. The van der Waals surface area contributed by atoms with E-state index in [1.807, 2.05) is 25.1 Å². The van der Waals surface area contributed by atoms with Gasteiger partial charge < -0.3 is 15.3 Å². The van der Waals surface area contributed by atoms with Crippen LogP contribution < -0.4 is 10.2 Å². The minimum Gasteiger partial charge on any atom is -0.507 e. The molecule has 1 unspecified atom stereocenters. The molecule has 7 heteroatoms. The smallest absolute Gasteiger partial charge is 0.245 e. The van der Waals surface area contributed by atoms with Gasteiger partial charge in [0.1, 0.15) is 11.4 Å². The summed E-state index contributed by atoms with van der Waals surface area (Å²) in [6, 6.07) is 7.43. The van der Waals surface area contributed by atoms with Gasteiger partial charge in [0.05, 0.1) is 11.7 Å². The van der Waals surface area contributed by atoms with Crippen molar-refractivity contribution in [1.29, 1.82) is 0 Å². The fourth-order valence-corrected chi connectivity index (χ4v) is 3.63. The number of pyridine rings is 1. The quantitative estimate of drug-likeness (QED) is 0.704. The maximum Gasteiger partial charge on any atom is 0.245 e. The van der Waals surface area contributed by atoms with Gasteiger partial charge in [-0.2, -0.15) is 0 Å². The lowest BCUT2D eigenvalue weighted by Gasteiger charge is -2.23. The van der Waals surface area contributed by atoms with Crippen molar-refractivity contribution >= 4 is 16.9 Å². The Labute approximate surface area is 171 Å². The van der Waals surface area contributed by atoms with E-state index >= 15 is 0 Å². The van der Waals surface area contributed by atoms with Gasteiger partial charge in [0.25, 0.3) is 0 Å². The molecular formula is C22H28N6O. The Morgan fingerprint density at radius 2 is 2.03 bits per heavy atom. The number of aromatic hydroxyl groups is 1. The maximum absolute atomic E-state index is 10.4. The van der Waals surface area contributed by atoms with Crippen molar-refractivity contribution in [1.82, 2.24) is 25.5 Å². The number of benzene rings is 1. The van der Waals surface area contributed by atoms with E-state index in [4.69, 9.17) is 0 Å². The molecular weight excluding hydrogens is 364 g/mol. The molecule has 4 rings (SSSR count). The van der Waals surface area contributed by atoms with Crippen molar-refractivity contribution < 1.29 is 5.11 Å². The van der Waals surface area contributed by atoms with Gasteiger partial charge in [0, 0.05) is 41.8 Å². The molecule has 0 spiro atoms. The van der Waals surface area contributed by atoms with E-state index in [0.717, 1.165) is 42.7 Å². The number of phenolic OH excluding ortho intramolecular Hbond substituents is 1. The molecule has 1 saturated heterocycles. The Kier molecular flexibility index (Phi) is 5.08. The number of rotatable bonds is 4.